The first kappa shape index (κ1) is 22.4. The molecule has 1 unspecified atom stereocenters. The molecule has 2 aromatic heterocycles. The third-order valence-corrected chi connectivity index (χ3v) is 7.41. The van der Waals surface area contributed by atoms with Gasteiger partial charge in [-0.15, -0.1) is 0 Å². The summed E-state index contributed by atoms with van der Waals surface area (Å²) in [5.41, 5.74) is 7.61. The van der Waals surface area contributed by atoms with Crippen LogP contribution in [0.3, 0.4) is 0 Å². The van der Waals surface area contributed by atoms with Gasteiger partial charge in [-0.05, 0) is 57.4 Å². The molecule has 0 spiro atoms. The highest BCUT2D eigenvalue weighted by Crippen LogP contribution is 2.34. The van der Waals surface area contributed by atoms with Gasteiger partial charge in [0.15, 0.2) is 10.8 Å². The van der Waals surface area contributed by atoms with Gasteiger partial charge < -0.3 is 5.32 Å². The summed E-state index contributed by atoms with van der Waals surface area (Å²) < 4.78 is 3.39. The van der Waals surface area contributed by atoms with Crippen molar-refractivity contribution >= 4 is 34.4 Å². The molecular weight excluding hydrogens is 446 g/mol. The van der Waals surface area contributed by atoms with E-state index < -0.39 is 0 Å². The number of rotatable bonds is 4. The normalized spacial score (nSPS) is 15.0. The SMILES string of the molecule is Cc1ccc(-n2ncc3c(=O)n4c(nc32)SCC4CC(=O)Nc2c(C)cc(C)cc2C)c(C)c1. The Morgan fingerprint density at radius 2 is 1.76 bits per heavy atom. The molecule has 7 nitrogen and oxygen atoms in total. The maximum atomic E-state index is 13.4. The fraction of sp³-hybridized carbons (Fsp3) is 0.308. The van der Waals surface area contributed by atoms with Gasteiger partial charge in [-0.1, -0.05) is 47.2 Å². The molecule has 8 heteroatoms. The van der Waals surface area contributed by atoms with Gasteiger partial charge in [-0.2, -0.15) is 5.10 Å². The van der Waals surface area contributed by atoms with E-state index >= 15 is 0 Å². The zero-order chi connectivity index (χ0) is 24.1. The summed E-state index contributed by atoms with van der Waals surface area (Å²) >= 11 is 1.51. The number of carbonyl (C=O) groups is 1. The predicted octanol–water partition coefficient (Wildman–Crippen LogP) is 4.80. The number of carbonyl (C=O) groups excluding carboxylic acids is 1. The van der Waals surface area contributed by atoms with Gasteiger partial charge in [0.25, 0.3) is 5.56 Å². The first-order chi connectivity index (χ1) is 16.2. The monoisotopic (exact) mass is 473 g/mol. The summed E-state index contributed by atoms with van der Waals surface area (Å²) in [5.74, 6) is 0.525. The van der Waals surface area contributed by atoms with E-state index in [9.17, 15) is 9.59 Å². The van der Waals surface area contributed by atoms with E-state index in [2.05, 4.69) is 28.6 Å². The van der Waals surface area contributed by atoms with Gasteiger partial charge in [-0.25, -0.2) is 9.67 Å². The lowest BCUT2D eigenvalue weighted by Crippen LogP contribution is -2.28. The largest absolute Gasteiger partial charge is 0.326 e. The molecule has 0 aliphatic carbocycles. The van der Waals surface area contributed by atoms with E-state index in [4.69, 9.17) is 4.98 Å². The number of aryl methyl sites for hydroxylation is 5. The quantitative estimate of drug-likeness (QED) is 0.431. The van der Waals surface area contributed by atoms with Crippen LogP contribution < -0.4 is 10.9 Å². The van der Waals surface area contributed by atoms with Crippen LogP contribution in [0.15, 0.2) is 46.5 Å². The summed E-state index contributed by atoms with van der Waals surface area (Å²) in [6, 6.07) is 9.98. The predicted molar refractivity (Wildman–Crippen MR) is 136 cm³/mol. The molecular formula is C26H27N5O2S. The maximum Gasteiger partial charge on any atom is 0.265 e. The van der Waals surface area contributed by atoms with Crippen LogP contribution in [-0.2, 0) is 4.79 Å². The highest BCUT2D eigenvalue weighted by molar-refractivity contribution is 7.99. The molecule has 34 heavy (non-hydrogen) atoms. The number of nitrogens with zero attached hydrogens (tertiary/aromatic N) is 4. The summed E-state index contributed by atoms with van der Waals surface area (Å²) in [7, 11) is 0. The molecule has 0 bridgehead atoms. The van der Waals surface area contributed by atoms with Crippen molar-refractivity contribution in [2.75, 3.05) is 11.1 Å². The molecule has 1 atom stereocenters. The second kappa shape index (κ2) is 8.43. The summed E-state index contributed by atoms with van der Waals surface area (Å²) in [6.07, 6.45) is 1.79. The van der Waals surface area contributed by atoms with Crippen LogP contribution in [-0.4, -0.2) is 31.0 Å². The van der Waals surface area contributed by atoms with E-state index in [-0.39, 0.29) is 23.9 Å². The average Bonchev–Trinajstić information content (AvgIpc) is 3.36. The minimum Gasteiger partial charge on any atom is -0.326 e. The highest BCUT2D eigenvalue weighted by Gasteiger charge is 2.30. The van der Waals surface area contributed by atoms with Crippen LogP contribution in [0.5, 0.6) is 0 Å². The Morgan fingerprint density at radius 1 is 1.06 bits per heavy atom. The third kappa shape index (κ3) is 3.81. The number of thioether (sulfide) groups is 1. The Bertz CT molecular complexity index is 1490. The van der Waals surface area contributed by atoms with Crippen molar-refractivity contribution in [3.63, 3.8) is 0 Å². The zero-order valence-electron chi connectivity index (χ0n) is 20.0. The number of aromatic nitrogens is 4. The lowest BCUT2D eigenvalue weighted by molar-refractivity contribution is -0.116. The number of hydrogen-bond acceptors (Lipinski definition) is 5. The zero-order valence-corrected chi connectivity index (χ0v) is 20.8. The van der Waals surface area contributed by atoms with Crippen LogP contribution in [0.2, 0.25) is 0 Å². The van der Waals surface area contributed by atoms with Gasteiger partial charge >= 0.3 is 0 Å². The molecule has 1 N–H and O–H groups in total. The van der Waals surface area contributed by atoms with Crippen molar-refractivity contribution in [2.24, 2.45) is 0 Å². The first-order valence-electron chi connectivity index (χ1n) is 11.3. The smallest absolute Gasteiger partial charge is 0.265 e. The molecule has 4 aromatic rings. The van der Waals surface area contributed by atoms with Crippen LogP contribution in [0.4, 0.5) is 5.69 Å². The van der Waals surface area contributed by atoms with Crippen LogP contribution in [0, 0.1) is 34.6 Å². The lowest BCUT2D eigenvalue weighted by atomic mass is 10.0. The third-order valence-electron chi connectivity index (χ3n) is 6.31. The van der Waals surface area contributed by atoms with Crippen molar-refractivity contribution in [2.45, 2.75) is 52.2 Å². The summed E-state index contributed by atoms with van der Waals surface area (Å²) in [5, 5.41) is 8.62. The van der Waals surface area contributed by atoms with E-state index in [1.54, 1.807) is 15.4 Å². The van der Waals surface area contributed by atoms with Crippen molar-refractivity contribution in [3.05, 3.63) is 74.7 Å². The Morgan fingerprint density at radius 3 is 2.47 bits per heavy atom. The Balaban J connectivity index is 1.46. The second-order valence-corrected chi connectivity index (χ2v) is 10.1. The molecule has 174 valence electrons. The number of fused-ring (bicyclic) bond motifs is 2. The van der Waals surface area contributed by atoms with E-state index in [1.165, 1.54) is 17.3 Å². The van der Waals surface area contributed by atoms with Crippen molar-refractivity contribution in [1.29, 1.82) is 0 Å². The molecule has 0 saturated carbocycles. The number of amides is 1. The van der Waals surface area contributed by atoms with E-state index in [1.807, 2.05) is 46.8 Å². The Labute approximate surface area is 202 Å². The minimum atomic E-state index is -0.250. The van der Waals surface area contributed by atoms with Crippen LogP contribution in [0.1, 0.15) is 40.3 Å². The topological polar surface area (TPSA) is 81.8 Å². The standard InChI is InChI=1S/C26H27N5O2S/c1-14-6-7-21(16(3)8-14)31-24-20(12-27-31)25(33)30-19(13-34-26(30)29-24)11-22(32)28-23-17(4)9-15(2)10-18(23)5/h6-10,12,19H,11,13H2,1-5H3,(H,28,32). The molecule has 1 aliphatic rings. The first-order valence-corrected chi connectivity index (χ1v) is 12.3. The molecule has 2 aromatic carbocycles. The minimum absolute atomic E-state index is 0.105. The average molecular weight is 474 g/mol. The van der Waals surface area contributed by atoms with Gasteiger partial charge in [-0.3, -0.25) is 14.2 Å². The Kier molecular flexibility index (Phi) is 5.56. The molecule has 0 saturated heterocycles. The molecule has 5 rings (SSSR count). The number of anilines is 1. The highest BCUT2D eigenvalue weighted by atomic mass is 32.2. The summed E-state index contributed by atoms with van der Waals surface area (Å²) in [6.45, 7) is 10.1. The second-order valence-electron chi connectivity index (χ2n) is 9.14. The van der Waals surface area contributed by atoms with Gasteiger partial charge in [0.2, 0.25) is 5.91 Å². The summed E-state index contributed by atoms with van der Waals surface area (Å²) in [4.78, 5) is 31.1. The van der Waals surface area contributed by atoms with Crippen LogP contribution in [0.25, 0.3) is 16.7 Å². The van der Waals surface area contributed by atoms with Crippen LogP contribution >= 0.6 is 11.8 Å². The fourth-order valence-electron chi connectivity index (χ4n) is 4.78. The maximum absolute atomic E-state index is 13.4. The lowest BCUT2D eigenvalue weighted by Gasteiger charge is -2.16. The molecule has 3 heterocycles. The Hall–Kier alpha value is -3.39. The van der Waals surface area contributed by atoms with Crippen molar-refractivity contribution < 1.29 is 4.79 Å². The van der Waals surface area contributed by atoms with E-state index in [0.717, 1.165) is 33.6 Å². The van der Waals surface area contributed by atoms with E-state index in [0.29, 0.717) is 21.9 Å². The van der Waals surface area contributed by atoms with Crippen molar-refractivity contribution in [3.8, 4) is 5.69 Å². The molecule has 1 aliphatic heterocycles. The number of hydrogen-bond donors (Lipinski definition) is 1. The fourth-order valence-corrected chi connectivity index (χ4v) is 5.91. The molecule has 0 radical (unpaired) electrons. The molecule has 0 fully saturated rings. The van der Waals surface area contributed by atoms with Gasteiger partial charge in [0.05, 0.1) is 17.9 Å². The number of nitrogens with one attached hydrogen (secondary N) is 1. The molecule has 1 amide bonds. The number of benzene rings is 2. The van der Waals surface area contributed by atoms with Gasteiger partial charge in [0, 0.05) is 17.9 Å². The van der Waals surface area contributed by atoms with Crippen molar-refractivity contribution in [1.82, 2.24) is 19.3 Å². The van der Waals surface area contributed by atoms with Gasteiger partial charge in [0.1, 0.15) is 5.39 Å².